The Morgan fingerprint density at radius 3 is 2.13 bits per heavy atom. The number of thioether (sulfide) groups is 1. The van der Waals surface area contributed by atoms with Crippen molar-refractivity contribution in [3.05, 3.63) is 148 Å². The van der Waals surface area contributed by atoms with Crippen LogP contribution in [-0.4, -0.2) is 42.0 Å². The van der Waals surface area contributed by atoms with E-state index in [1.54, 1.807) is 98.8 Å². The molecule has 0 bridgehead atoms. The third-order valence-electron chi connectivity index (χ3n) is 7.60. The van der Waals surface area contributed by atoms with Crippen LogP contribution in [0.3, 0.4) is 0 Å². The Hall–Kier alpha value is -5.98. The smallest absolute Gasteiger partial charge is 0.341 e. The van der Waals surface area contributed by atoms with Crippen LogP contribution < -0.4 is 21.3 Å². The first kappa shape index (κ1) is 37.3. The Bertz CT molecular complexity index is 2130. The SMILES string of the molecule is CCOC(=O)c1c(NC(=O)CSc2cccc(NC(=O)/C(=C/c3ccccc3C)NC(=O)c3ccccc3)c2)sc(C(=O)Nc2ccccc2)c1C. The zero-order chi connectivity index (χ0) is 37.0. The van der Waals surface area contributed by atoms with E-state index in [1.165, 1.54) is 11.8 Å². The van der Waals surface area contributed by atoms with Crippen molar-refractivity contribution in [3.8, 4) is 0 Å². The molecule has 0 aliphatic heterocycles. The highest BCUT2D eigenvalue weighted by atomic mass is 32.2. The maximum Gasteiger partial charge on any atom is 0.341 e. The number of carbonyl (C=O) groups is 5. The molecular formula is C40H36N4O6S2. The molecule has 0 saturated heterocycles. The van der Waals surface area contributed by atoms with Crippen LogP contribution in [0.1, 0.15) is 54.0 Å². The Morgan fingerprint density at radius 2 is 1.42 bits per heavy atom. The molecule has 264 valence electrons. The lowest BCUT2D eigenvalue weighted by atomic mass is 10.1. The van der Waals surface area contributed by atoms with E-state index in [0.717, 1.165) is 22.5 Å². The van der Waals surface area contributed by atoms with Crippen molar-refractivity contribution < 1.29 is 28.7 Å². The van der Waals surface area contributed by atoms with Crippen molar-refractivity contribution in [2.75, 3.05) is 28.3 Å². The van der Waals surface area contributed by atoms with Crippen LogP contribution in [0.2, 0.25) is 0 Å². The normalized spacial score (nSPS) is 10.9. The highest BCUT2D eigenvalue weighted by Gasteiger charge is 2.27. The number of ether oxygens (including phenoxy) is 1. The zero-order valence-corrected chi connectivity index (χ0v) is 30.3. The second-order valence-electron chi connectivity index (χ2n) is 11.4. The molecule has 0 fully saturated rings. The monoisotopic (exact) mass is 732 g/mol. The number of hydrogen-bond donors (Lipinski definition) is 4. The van der Waals surface area contributed by atoms with Gasteiger partial charge in [-0.25, -0.2) is 4.79 Å². The number of benzene rings is 4. The predicted molar refractivity (Wildman–Crippen MR) is 207 cm³/mol. The molecule has 10 nitrogen and oxygen atoms in total. The standard InChI is InChI=1S/C40H36N4O6S2/c1-4-50-40(49)34-26(3)35(38(48)41-29-18-9-6-10-19-29)52-39(34)44-33(45)24-51-31-21-13-20-30(23-31)42-37(47)32(22-28-17-12-11-14-25(28)2)43-36(46)27-15-7-5-8-16-27/h5-23H,4,24H2,1-3H3,(H,41,48)(H,42,47)(H,43,46)(H,44,45)/b32-22-. The third kappa shape index (κ3) is 9.83. The molecule has 0 saturated carbocycles. The maximum absolute atomic E-state index is 13.6. The quantitative estimate of drug-likeness (QED) is 0.0547. The molecular weight excluding hydrogens is 697 g/mol. The Labute approximate surface area is 309 Å². The van der Waals surface area contributed by atoms with Crippen molar-refractivity contribution in [1.29, 1.82) is 0 Å². The second-order valence-corrected chi connectivity index (χ2v) is 13.4. The summed E-state index contributed by atoms with van der Waals surface area (Å²) < 4.78 is 5.23. The lowest BCUT2D eigenvalue weighted by Gasteiger charge is -2.13. The van der Waals surface area contributed by atoms with E-state index >= 15 is 0 Å². The fourth-order valence-corrected chi connectivity index (χ4v) is 6.86. The number of amides is 4. The average molecular weight is 733 g/mol. The van der Waals surface area contributed by atoms with Crippen molar-refractivity contribution in [1.82, 2.24) is 5.32 Å². The molecule has 1 heterocycles. The summed E-state index contributed by atoms with van der Waals surface area (Å²) in [5, 5.41) is 11.4. The van der Waals surface area contributed by atoms with Gasteiger partial charge in [0.15, 0.2) is 0 Å². The van der Waals surface area contributed by atoms with Gasteiger partial charge in [-0.1, -0.05) is 66.7 Å². The molecule has 4 amide bonds. The maximum atomic E-state index is 13.6. The summed E-state index contributed by atoms with van der Waals surface area (Å²) in [4.78, 5) is 66.7. The summed E-state index contributed by atoms with van der Waals surface area (Å²) in [6, 6.07) is 32.0. The molecule has 0 atom stereocenters. The van der Waals surface area contributed by atoms with Crippen LogP contribution in [0.25, 0.3) is 6.08 Å². The van der Waals surface area contributed by atoms with Gasteiger partial charge in [-0.05, 0) is 86.0 Å². The number of rotatable bonds is 13. The van der Waals surface area contributed by atoms with E-state index in [9.17, 15) is 24.0 Å². The lowest BCUT2D eigenvalue weighted by molar-refractivity contribution is -0.114. The minimum absolute atomic E-state index is 0.0340. The fraction of sp³-hybridized carbons (Fsp3) is 0.125. The number of nitrogens with one attached hydrogen (secondary N) is 4. The van der Waals surface area contributed by atoms with Crippen molar-refractivity contribution >= 4 is 75.1 Å². The molecule has 52 heavy (non-hydrogen) atoms. The molecule has 5 rings (SSSR count). The van der Waals surface area contributed by atoms with Gasteiger partial charge in [-0.15, -0.1) is 23.1 Å². The number of hydrogen-bond acceptors (Lipinski definition) is 8. The molecule has 0 radical (unpaired) electrons. The van der Waals surface area contributed by atoms with Crippen molar-refractivity contribution in [2.45, 2.75) is 25.7 Å². The van der Waals surface area contributed by atoms with Crippen LogP contribution >= 0.6 is 23.1 Å². The van der Waals surface area contributed by atoms with Gasteiger partial charge >= 0.3 is 5.97 Å². The highest BCUT2D eigenvalue weighted by molar-refractivity contribution is 8.00. The fourth-order valence-electron chi connectivity index (χ4n) is 5.00. The molecule has 0 aliphatic rings. The van der Waals surface area contributed by atoms with Crippen molar-refractivity contribution in [2.24, 2.45) is 0 Å². The molecule has 4 N–H and O–H groups in total. The van der Waals surface area contributed by atoms with Crippen LogP contribution in [0, 0.1) is 13.8 Å². The highest BCUT2D eigenvalue weighted by Crippen LogP contribution is 2.35. The first-order chi connectivity index (χ1) is 25.1. The Kier molecular flexibility index (Phi) is 12.8. The number of carbonyl (C=O) groups excluding carboxylic acids is 5. The van der Waals surface area contributed by atoms with Crippen LogP contribution in [0.5, 0.6) is 0 Å². The minimum atomic E-state index is -0.641. The summed E-state index contributed by atoms with van der Waals surface area (Å²) in [5.74, 6) is -2.45. The number of thiophene rings is 1. The van der Waals surface area contributed by atoms with Gasteiger partial charge in [0.05, 0.1) is 22.8 Å². The molecule has 0 spiro atoms. The topological polar surface area (TPSA) is 143 Å². The molecule has 1 aromatic heterocycles. The van der Waals surface area contributed by atoms with Gasteiger partial charge in [0.25, 0.3) is 17.7 Å². The van der Waals surface area contributed by atoms with Crippen LogP contribution in [0.4, 0.5) is 16.4 Å². The van der Waals surface area contributed by atoms with Gasteiger partial charge in [0, 0.05) is 21.8 Å². The molecule has 5 aromatic rings. The predicted octanol–water partition coefficient (Wildman–Crippen LogP) is 7.93. The molecule has 0 aliphatic carbocycles. The Morgan fingerprint density at radius 1 is 0.750 bits per heavy atom. The van der Waals surface area contributed by atoms with Gasteiger partial charge < -0.3 is 26.0 Å². The number of aryl methyl sites for hydroxylation is 1. The molecule has 12 heteroatoms. The van der Waals surface area contributed by atoms with E-state index in [4.69, 9.17) is 4.74 Å². The van der Waals surface area contributed by atoms with E-state index < -0.39 is 29.6 Å². The number of para-hydroxylation sites is 1. The zero-order valence-electron chi connectivity index (χ0n) is 28.6. The lowest BCUT2D eigenvalue weighted by Crippen LogP contribution is -2.30. The first-order valence-electron chi connectivity index (χ1n) is 16.3. The van der Waals surface area contributed by atoms with E-state index in [-0.39, 0.29) is 33.5 Å². The van der Waals surface area contributed by atoms with Crippen LogP contribution in [0.15, 0.2) is 120 Å². The molecule has 0 unspecified atom stereocenters. The minimum Gasteiger partial charge on any atom is -0.462 e. The van der Waals surface area contributed by atoms with E-state index in [2.05, 4.69) is 21.3 Å². The summed E-state index contributed by atoms with van der Waals surface area (Å²) in [7, 11) is 0. The number of esters is 1. The largest absolute Gasteiger partial charge is 0.462 e. The average Bonchev–Trinajstić information content (AvgIpc) is 3.47. The summed E-state index contributed by atoms with van der Waals surface area (Å²) >= 11 is 2.21. The summed E-state index contributed by atoms with van der Waals surface area (Å²) in [6.07, 6.45) is 1.63. The van der Waals surface area contributed by atoms with Crippen LogP contribution in [-0.2, 0) is 14.3 Å². The second kappa shape index (κ2) is 17.8. The van der Waals surface area contributed by atoms with Gasteiger partial charge in [0.1, 0.15) is 10.7 Å². The third-order valence-corrected chi connectivity index (χ3v) is 9.80. The first-order valence-corrected chi connectivity index (χ1v) is 18.1. The van der Waals surface area contributed by atoms with E-state index in [0.29, 0.717) is 27.4 Å². The summed E-state index contributed by atoms with van der Waals surface area (Å²) in [5.41, 5.74) is 3.73. The number of anilines is 3. The van der Waals surface area contributed by atoms with E-state index in [1.807, 2.05) is 37.3 Å². The molecule has 4 aromatic carbocycles. The van der Waals surface area contributed by atoms with Gasteiger partial charge in [0.2, 0.25) is 5.91 Å². The van der Waals surface area contributed by atoms with Gasteiger partial charge in [-0.3, -0.25) is 19.2 Å². The van der Waals surface area contributed by atoms with Crippen molar-refractivity contribution in [3.63, 3.8) is 0 Å². The Balaban J connectivity index is 1.28. The van der Waals surface area contributed by atoms with Gasteiger partial charge in [-0.2, -0.15) is 0 Å². The summed E-state index contributed by atoms with van der Waals surface area (Å²) in [6.45, 7) is 5.35.